The predicted molar refractivity (Wildman–Crippen MR) is 97.8 cm³/mol. The molecule has 0 unspecified atom stereocenters. The number of benzene rings is 1. The highest BCUT2D eigenvalue weighted by atomic mass is 16.5. The van der Waals surface area contributed by atoms with Gasteiger partial charge in [-0.15, -0.1) is 0 Å². The summed E-state index contributed by atoms with van der Waals surface area (Å²) in [5.74, 6) is -0.0515. The molecular formula is C19H25N3O4. The second-order valence-corrected chi connectivity index (χ2v) is 7.03. The summed E-state index contributed by atoms with van der Waals surface area (Å²) in [7, 11) is 1.75. The van der Waals surface area contributed by atoms with Gasteiger partial charge in [-0.25, -0.2) is 4.98 Å². The zero-order valence-corrected chi connectivity index (χ0v) is 15.1. The second kappa shape index (κ2) is 7.97. The Hall–Kier alpha value is -2.25. The van der Waals surface area contributed by atoms with Crippen LogP contribution in [0.3, 0.4) is 0 Å². The fourth-order valence-electron chi connectivity index (χ4n) is 3.43. The molecule has 0 saturated carbocycles. The molecule has 2 aromatic rings. The number of nitrogens with zero attached hydrogens (tertiary/aromatic N) is 3. The number of carbonyl (C=O) groups is 1. The maximum absolute atomic E-state index is 12.5. The van der Waals surface area contributed by atoms with Crippen LogP contribution in [0.25, 0.3) is 10.9 Å². The molecule has 2 heterocycles. The van der Waals surface area contributed by atoms with Gasteiger partial charge in [0.25, 0.3) is 5.56 Å². The Morgan fingerprint density at radius 3 is 2.81 bits per heavy atom. The number of rotatable bonds is 6. The van der Waals surface area contributed by atoms with E-state index in [9.17, 15) is 14.7 Å². The molecule has 1 fully saturated rings. The van der Waals surface area contributed by atoms with Crippen molar-refractivity contribution in [2.24, 2.45) is 5.41 Å². The minimum atomic E-state index is -0.288. The predicted octanol–water partition coefficient (Wildman–Crippen LogP) is 1.03. The van der Waals surface area contributed by atoms with Crippen LogP contribution in [0, 0.1) is 5.41 Å². The number of aromatic nitrogens is 2. The normalized spacial score (nSPS) is 16.5. The second-order valence-electron chi connectivity index (χ2n) is 7.03. The lowest BCUT2D eigenvalue weighted by Gasteiger charge is -2.38. The fraction of sp³-hybridized carbons (Fsp3) is 0.526. The van der Waals surface area contributed by atoms with Crippen molar-refractivity contribution in [3.05, 3.63) is 40.9 Å². The average molecular weight is 359 g/mol. The molecule has 0 atom stereocenters. The summed E-state index contributed by atoms with van der Waals surface area (Å²) >= 11 is 0. The van der Waals surface area contributed by atoms with E-state index in [1.165, 1.54) is 10.9 Å². The molecule has 1 aromatic heterocycles. The van der Waals surface area contributed by atoms with Crippen LogP contribution >= 0.6 is 0 Å². The van der Waals surface area contributed by atoms with Gasteiger partial charge in [0, 0.05) is 45.2 Å². The van der Waals surface area contributed by atoms with Crippen LogP contribution in [0.4, 0.5) is 0 Å². The highest BCUT2D eigenvalue weighted by Crippen LogP contribution is 2.30. The van der Waals surface area contributed by atoms with Crippen LogP contribution in [0.1, 0.15) is 19.3 Å². The van der Waals surface area contributed by atoms with Gasteiger partial charge in [-0.3, -0.25) is 14.2 Å². The summed E-state index contributed by atoms with van der Waals surface area (Å²) in [5, 5.41) is 10.3. The zero-order chi connectivity index (χ0) is 18.6. The summed E-state index contributed by atoms with van der Waals surface area (Å²) < 4.78 is 6.84. The van der Waals surface area contributed by atoms with E-state index in [1.807, 2.05) is 6.07 Å². The maximum atomic E-state index is 12.5. The first-order chi connectivity index (χ1) is 12.5. The number of fused-ring (bicyclic) bond motifs is 1. The topological polar surface area (TPSA) is 84.7 Å². The molecule has 7 heteroatoms. The summed E-state index contributed by atoms with van der Waals surface area (Å²) in [5.41, 5.74) is 0.230. The first-order valence-corrected chi connectivity index (χ1v) is 8.91. The number of hydrogen-bond acceptors (Lipinski definition) is 5. The van der Waals surface area contributed by atoms with E-state index < -0.39 is 0 Å². The van der Waals surface area contributed by atoms with E-state index in [2.05, 4.69) is 4.98 Å². The smallest absolute Gasteiger partial charge is 0.261 e. The fourth-order valence-corrected chi connectivity index (χ4v) is 3.43. The first kappa shape index (κ1) is 18.5. The van der Waals surface area contributed by atoms with Crippen LogP contribution in [0.2, 0.25) is 0 Å². The number of aliphatic hydroxyl groups is 1. The third-order valence-electron chi connectivity index (χ3n) is 5.19. The number of aliphatic hydroxyl groups excluding tert-OH is 1. The third-order valence-corrected chi connectivity index (χ3v) is 5.19. The average Bonchev–Trinajstić information content (AvgIpc) is 2.68. The molecule has 3 rings (SSSR count). The molecule has 1 aliphatic rings. The van der Waals surface area contributed by atoms with Crippen LogP contribution in [-0.4, -0.2) is 58.9 Å². The lowest BCUT2D eigenvalue weighted by atomic mass is 9.80. The maximum Gasteiger partial charge on any atom is 0.261 e. The quantitative estimate of drug-likeness (QED) is 0.833. The van der Waals surface area contributed by atoms with Gasteiger partial charge >= 0.3 is 0 Å². The zero-order valence-electron chi connectivity index (χ0n) is 15.1. The molecule has 0 spiro atoms. The molecule has 1 aromatic carbocycles. The lowest BCUT2D eigenvalue weighted by molar-refractivity contribution is -0.133. The van der Waals surface area contributed by atoms with E-state index >= 15 is 0 Å². The van der Waals surface area contributed by atoms with Gasteiger partial charge in [-0.2, -0.15) is 0 Å². The van der Waals surface area contributed by atoms with Crippen LogP contribution < -0.4 is 5.56 Å². The Bertz CT molecular complexity index is 827. The minimum Gasteiger partial charge on any atom is -0.396 e. The van der Waals surface area contributed by atoms with Crippen molar-refractivity contribution in [1.29, 1.82) is 0 Å². The van der Waals surface area contributed by atoms with Crippen molar-refractivity contribution in [3.8, 4) is 0 Å². The number of aryl methyl sites for hydroxylation is 1. The van der Waals surface area contributed by atoms with Crippen molar-refractivity contribution >= 4 is 16.8 Å². The Labute approximate surface area is 152 Å². The standard InChI is InChI=1S/C19H25N3O4/c1-21(12-19(13-23)7-10-26-11-8-19)17(24)6-9-22-14-20-16-5-3-2-4-15(16)18(22)25/h2-5,14,23H,6-13H2,1H3. The number of carbonyl (C=O) groups excluding carboxylic acids is 1. The van der Waals surface area contributed by atoms with Gasteiger partial charge in [0.05, 0.1) is 23.8 Å². The van der Waals surface area contributed by atoms with Gasteiger partial charge in [0.1, 0.15) is 0 Å². The molecule has 26 heavy (non-hydrogen) atoms. The van der Waals surface area contributed by atoms with Gasteiger partial charge < -0.3 is 14.7 Å². The highest BCUT2D eigenvalue weighted by Gasteiger charge is 2.34. The Kier molecular flexibility index (Phi) is 5.68. The van der Waals surface area contributed by atoms with Crippen molar-refractivity contribution in [3.63, 3.8) is 0 Å². The lowest BCUT2D eigenvalue weighted by Crippen LogP contribution is -2.44. The Morgan fingerprint density at radius 2 is 2.08 bits per heavy atom. The SMILES string of the molecule is CN(CC1(CO)CCOCC1)C(=O)CCn1cnc2ccccc2c1=O. The molecular weight excluding hydrogens is 334 g/mol. The summed E-state index contributed by atoms with van der Waals surface area (Å²) in [6.07, 6.45) is 3.20. The molecule has 1 amide bonds. The monoisotopic (exact) mass is 359 g/mol. The van der Waals surface area contributed by atoms with Gasteiger partial charge in [-0.1, -0.05) is 12.1 Å². The minimum absolute atomic E-state index is 0.0437. The van der Waals surface area contributed by atoms with Gasteiger partial charge in [0.15, 0.2) is 0 Å². The number of hydrogen-bond donors (Lipinski definition) is 1. The van der Waals surface area contributed by atoms with Crippen molar-refractivity contribution in [2.45, 2.75) is 25.8 Å². The summed E-state index contributed by atoms with van der Waals surface area (Å²) in [6, 6.07) is 7.18. The Balaban J connectivity index is 1.63. The van der Waals surface area contributed by atoms with Crippen molar-refractivity contribution in [1.82, 2.24) is 14.5 Å². The Morgan fingerprint density at radius 1 is 1.35 bits per heavy atom. The van der Waals surface area contributed by atoms with E-state index in [0.717, 1.165) is 12.8 Å². The van der Waals surface area contributed by atoms with Crippen LogP contribution in [0.5, 0.6) is 0 Å². The van der Waals surface area contributed by atoms with Crippen LogP contribution in [0.15, 0.2) is 35.4 Å². The molecule has 1 N–H and O–H groups in total. The van der Waals surface area contributed by atoms with Gasteiger partial charge in [0.2, 0.25) is 5.91 Å². The molecule has 7 nitrogen and oxygen atoms in total. The number of amides is 1. The largest absolute Gasteiger partial charge is 0.396 e. The van der Waals surface area contributed by atoms with Crippen molar-refractivity contribution in [2.75, 3.05) is 33.4 Å². The molecule has 1 saturated heterocycles. The first-order valence-electron chi connectivity index (χ1n) is 8.91. The molecule has 1 aliphatic heterocycles. The van der Waals surface area contributed by atoms with Crippen molar-refractivity contribution < 1.29 is 14.6 Å². The van der Waals surface area contributed by atoms with E-state index in [1.54, 1.807) is 30.1 Å². The molecule has 0 bridgehead atoms. The summed E-state index contributed by atoms with van der Waals surface area (Å²) in [4.78, 5) is 30.9. The molecule has 140 valence electrons. The van der Waals surface area contributed by atoms with E-state index in [-0.39, 0.29) is 36.5 Å². The van der Waals surface area contributed by atoms with Crippen LogP contribution in [-0.2, 0) is 16.1 Å². The number of ether oxygens (including phenoxy) is 1. The summed E-state index contributed by atoms with van der Waals surface area (Å²) in [6.45, 7) is 2.05. The molecule has 0 radical (unpaired) electrons. The molecule has 0 aliphatic carbocycles. The highest BCUT2D eigenvalue weighted by molar-refractivity contribution is 5.77. The van der Waals surface area contributed by atoms with E-state index in [0.29, 0.717) is 30.7 Å². The van der Waals surface area contributed by atoms with Gasteiger partial charge in [-0.05, 0) is 25.0 Å². The van der Waals surface area contributed by atoms with E-state index in [4.69, 9.17) is 4.74 Å². The number of para-hydroxylation sites is 1. The third kappa shape index (κ3) is 3.94.